The molecule has 0 saturated carbocycles. The van der Waals surface area contributed by atoms with Gasteiger partial charge in [0.15, 0.2) is 0 Å². The van der Waals surface area contributed by atoms with Crippen LogP contribution in [0.15, 0.2) is 48.5 Å². The number of ether oxygens (including phenoxy) is 3. The first-order valence-electron chi connectivity index (χ1n) is 9.16. The molecule has 160 valence electrons. The van der Waals surface area contributed by atoms with Gasteiger partial charge in [0.05, 0.1) is 13.7 Å². The number of Topliss-reactive ketones (excluding diaryl/α,β-unsaturated/α-hetero) is 2. The van der Waals surface area contributed by atoms with Crippen LogP contribution in [0.1, 0.15) is 20.7 Å². The zero-order valence-electron chi connectivity index (χ0n) is 16.0. The summed E-state index contributed by atoms with van der Waals surface area (Å²) in [6, 6.07) is 11.8. The molecule has 3 rings (SSSR count). The second-order valence-electron chi connectivity index (χ2n) is 6.73. The molecule has 1 heterocycles. The van der Waals surface area contributed by atoms with Crippen LogP contribution in [0.25, 0.3) is 0 Å². The van der Waals surface area contributed by atoms with Crippen molar-refractivity contribution in [3.8, 4) is 11.5 Å². The minimum atomic E-state index is -1.57. The van der Waals surface area contributed by atoms with Crippen molar-refractivity contribution in [2.24, 2.45) is 0 Å². The maximum Gasteiger partial charge on any atom is 0.233 e. The van der Waals surface area contributed by atoms with Crippen LogP contribution >= 0.6 is 0 Å². The van der Waals surface area contributed by atoms with Crippen LogP contribution < -0.4 is 9.47 Å². The smallest absolute Gasteiger partial charge is 0.233 e. The average Bonchev–Trinajstić information content (AvgIpc) is 2.79. The molecule has 0 aliphatic carbocycles. The van der Waals surface area contributed by atoms with Crippen LogP contribution in [-0.2, 0) is 4.74 Å². The van der Waals surface area contributed by atoms with Gasteiger partial charge in [0, 0.05) is 11.1 Å². The molecule has 30 heavy (non-hydrogen) atoms. The number of aliphatic hydroxyl groups excluding tert-OH is 4. The van der Waals surface area contributed by atoms with Crippen molar-refractivity contribution in [2.45, 2.75) is 30.7 Å². The van der Waals surface area contributed by atoms with E-state index in [1.165, 1.54) is 43.5 Å². The van der Waals surface area contributed by atoms with E-state index in [0.29, 0.717) is 5.75 Å². The zero-order valence-corrected chi connectivity index (χ0v) is 16.0. The maximum absolute atomic E-state index is 12.5. The van der Waals surface area contributed by atoms with Crippen LogP contribution in [0.2, 0.25) is 0 Å². The Kier molecular flexibility index (Phi) is 6.80. The van der Waals surface area contributed by atoms with E-state index in [9.17, 15) is 30.0 Å². The molecule has 0 bridgehead atoms. The molecular formula is C21H22O9. The molecule has 1 aliphatic heterocycles. The van der Waals surface area contributed by atoms with Crippen LogP contribution in [0.5, 0.6) is 11.5 Å². The molecule has 0 radical (unpaired) electrons. The van der Waals surface area contributed by atoms with Gasteiger partial charge in [0.2, 0.25) is 17.9 Å². The fourth-order valence-corrected chi connectivity index (χ4v) is 3.01. The first-order chi connectivity index (χ1) is 14.3. The summed E-state index contributed by atoms with van der Waals surface area (Å²) in [4.78, 5) is 24.9. The number of ketones is 2. The number of benzene rings is 2. The minimum absolute atomic E-state index is 0.129. The molecule has 9 nitrogen and oxygen atoms in total. The number of aliphatic hydroxyl groups is 4. The van der Waals surface area contributed by atoms with Gasteiger partial charge in [0.25, 0.3) is 0 Å². The van der Waals surface area contributed by atoms with Gasteiger partial charge >= 0.3 is 0 Å². The van der Waals surface area contributed by atoms with Crippen molar-refractivity contribution in [2.75, 3.05) is 13.7 Å². The fraction of sp³-hybridized carbons (Fsp3) is 0.333. The Morgan fingerprint density at radius 3 is 2.20 bits per heavy atom. The van der Waals surface area contributed by atoms with Gasteiger partial charge in [-0.3, -0.25) is 9.59 Å². The third-order valence-electron chi connectivity index (χ3n) is 4.76. The monoisotopic (exact) mass is 418 g/mol. The van der Waals surface area contributed by atoms with Gasteiger partial charge in [0.1, 0.15) is 35.9 Å². The predicted molar refractivity (Wildman–Crippen MR) is 102 cm³/mol. The van der Waals surface area contributed by atoms with E-state index in [2.05, 4.69) is 0 Å². The Bertz CT molecular complexity index is 894. The average molecular weight is 418 g/mol. The lowest BCUT2D eigenvalue weighted by atomic mass is 9.99. The molecule has 0 amide bonds. The van der Waals surface area contributed by atoms with Crippen LogP contribution in [0, 0.1) is 0 Å². The number of hydrogen-bond acceptors (Lipinski definition) is 9. The number of carbonyl (C=O) groups is 2. The molecule has 5 atom stereocenters. The van der Waals surface area contributed by atoms with Gasteiger partial charge in [-0.1, -0.05) is 12.1 Å². The highest BCUT2D eigenvalue weighted by Gasteiger charge is 2.44. The lowest BCUT2D eigenvalue weighted by Gasteiger charge is -2.39. The highest BCUT2D eigenvalue weighted by atomic mass is 16.7. The summed E-state index contributed by atoms with van der Waals surface area (Å²) in [6.07, 6.45) is -7.07. The predicted octanol–water partition coefficient (Wildman–Crippen LogP) is -0.0605. The van der Waals surface area contributed by atoms with Gasteiger partial charge < -0.3 is 34.6 Å². The largest absolute Gasteiger partial charge is 0.497 e. The number of rotatable bonds is 7. The Morgan fingerprint density at radius 1 is 0.900 bits per heavy atom. The fourth-order valence-electron chi connectivity index (χ4n) is 3.01. The third-order valence-corrected chi connectivity index (χ3v) is 4.76. The highest BCUT2D eigenvalue weighted by Crippen LogP contribution is 2.25. The molecule has 2 aromatic rings. The highest BCUT2D eigenvalue weighted by molar-refractivity contribution is 6.49. The zero-order chi connectivity index (χ0) is 21.8. The Labute approximate surface area is 172 Å². The van der Waals surface area contributed by atoms with Crippen molar-refractivity contribution in [1.29, 1.82) is 0 Å². The molecule has 4 N–H and O–H groups in total. The Balaban J connectivity index is 1.70. The van der Waals surface area contributed by atoms with Crippen LogP contribution in [0.3, 0.4) is 0 Å². The van der Waals surface area contributed by atoms with E-state index >= 15 is 0 Å². The van der Waals surface area contributed by atoms with E-state index in [-0.39, 0.29) is 16.9 Å². The summed E-state index contributed by atoms with van der Waals surface area (Å²) in [5.74, 6) is -0.777. The molecule has 1 saturated heterocycles. The van der Waals surface area contributed by atoms with Crippen molar-refractivity contribution < 1.29 is 44.2 Å². The summed E-state index contributed by atoms with van der Waals surface area (Å²) in [5, 5.41) is 38.8. The molecule has 1 fully saturated rings. The Morgan fingerprint density at radius 2 is 1.57 bits per heavy atom. The summed E-state index contributed by atoms with van der Waals surface area (Å²) in [6.45, 7) is -0.579. The van der Waals surface area contributed by atoms with Crippen molar-refractivity contribution in [3.63, 3.8) is 0 Å². The van der Waals surface area contributed by atoms with E-state index < -0.39 is 48.9 Å². The van der Waals surface area contributed by atoms with E-state index in [1.807, 2.05) is 0 Å². The number of carbonyl (C=O) groups excluding carboxylic acids is 2. The number of methoxy groups -OCH3 is 1. The second kappa shape index (κ2) is 9.33. The summed E-state index contributed by atoms with van der Waals surface area (Å²) < 4.78 is 15.8. The number of hydrogen-bond donors (Lipinski definition) is 4. The van der Waals surface area contributed by atoms with Crippen molar-refractivity contribution in [1.82, 2.24) is 0 Å². The van der Waals surface area contributed by atoms with Gasteiger partial charge in [-0.15, -0.1) is 0 Å². The topological polar surface area (TPSA) is 143 Å². The molecule has 0 unspecified atom stereocenters. The maximum atomic E-state index is 12.5. The lowest BCUT2D eigenvalue weighted by molar-refractivity contribution is -0.277. The SMILES string of the molecule is COc1cccc(C(=O)C(=O)c2ccc(O[C@@H]3O[C@H](CO)[C@@H](O)[C@H](O)[C@H]3O)cc2)c1. The molecule has 9 heteroatoms. The molecule has 2 aromatic carbocycles. The van der Waals surface area contributed by atoms with Gasteiger partial charge in [-0.05, 0) is 36.4 Å². The van der Waals surface area contributed by atoms with Crippen molar-refractivity contribution >= 4 is 11.6 Å². The standard InChI is InChI=1S/C21H22O9/c1-28-14-4-2-3-12(9-14)17(24)16(23)11-5-7-13(8-6-11)29-21-20(27)19(26)18(25)15(10-22)30-21/h2-9,15,18-22,25-27H,10H2,1H3/t15-,18-,19+,20-,21-/m1/s1. The first-order valence-corrected chi connectivity index (χ1v) is 9.16. The summed E-state index contributed by atoms with van der Waals surface area (Å²) in [5.41, 5.74) is 0.324. The quantitative estimate of drug-likeness (QED) is 0.359. The van der Waals surface area contributed by atoms with Gasteiger partial charge in [-0.2, -0.15) is 0 Å². The second-order valence-corrected chi connectivity index (χ2v) is 6.73. The van der Waals surface area contributed by atoms with Crippen LogP contribution in [-0.4, -0.2) is 76.4 Å². The third kappa shape index (κ3) is 4.50. The normalized spacial score (nSPS) is 26.1. The molecular weight excluding hydrogens is 396 g/mol. The van der Waals surface area contributed by atoms with E-state index in [0.717, 1.165) is 0 Å². The molecule has 0 aromatic heterocycles. The van der Waals surface area contributed by atoms with Gasteiger partial charge in [-0.25, -0.2) is 0 Å². The van der Waals surface area contributed by atoms with Crippen LogP contribution in [0.4, 0.5) is 0 Å². The Hall–Kier alpha value is -2.82. The lowest BCUT2D eigenvalue weighted by Crippen LogP contribution is -2.60. The molecule has 0 spiro atoms. The summed E-state index contributed by atoms with van der Waals surface area (Å²) in [7, 11) is 1.46. The summed E-state index contributed by atoms with van der Waals surface area (Å²) >= 11 is 0. The van der Waals surface area contributed by atoms with E-state index in [1.54, 1.807) is 12.1 Å². The first kappa shape index (κ1) is 21.9. The molecule has 1 aliphatic rings. The van der Waals surface area contributed by atoms with E-state index in [4.69, 9.17) is 14.2 Å². The minimum Gasteiger partial charge on any atom is -0.497 e. The van der Waals surface area contributed by atoms with Crippen molar-refractivity contribution in [3.05, 3.63) is 59.7 Å².